The highest BCUT2D eigenvalue weighted by atomic mass is 32.1. The standard InChI is InChI=1S/C17H17FN6OS/c1-9(10-4-11(18)6-19-5-10)21-17-23-13-2-3-26-15(13)14(24-17)16(25)22-12-7-20-8-12/h2-6,9,12,20H,7-8H2,1H3,(H,22,25)(H,21,23,24). The molecule has 0 radical (unpaired) electrons. The van der Waals surface area contributed by atoms with Crippen LogP contribution >= 0.6 is 11.3 Å². The number of halogens is 1. The Hall–Kier alpha value is -2.65. The van der Waals surface area contributed by atoms with Crippen LogP contribution in [0.1, 0.15) is 29.0 Å². The number of thiophene rings is 1. The van der Waals surface area contributed by atoms with Gasteiger partial charge in [-0.05, 0) is 30.0 Å². The third kappa shape index (κ3) is 3.35. The molecule has 3 N–H and O–H groups in total. The van der Waals surface area contributed by atoms with E-state index in [-0.39, 0.29) is 18.0 Å². The summed E-state index contributed by atoms with van der Waals surface area (Å²) in [6.07, 6.45) is 2.74. The molecule has 1 saturated heterocycles. The topological polar surface area (TPSA) is 91.8 Å². The number of hydrogen-bond donors (Lipinski definition) is 3. The molecule has 3 aromatic heterocycles. The van der Waals surface area contributed by atoms with Gasteiger partial charge in [0.05, 0.1) is 28.5 Å². The highest BCUT2D eigenvalue weighted by Gasteiger charge is 2.23. The molecule has 1 aliphatic heterocycles. The number of rotatable bonds is 5. The van der Waals surface area contributed by atoms with Crippen molar-refractivity contribution in [3.8, 4) is 0 Å². The first kappa shape index (κ1) is 16.8. The minimum atomic E-state index is -0.403. The van der Waals surface area contributed by atoms with Gasteiger partial charge in [0.1, 0.15) is 5.82 Å². The van der Waals surface area contributed by atoms with Crippen molar-refractivity contribution in [1.29, 1.82) is 0 Å². The van der Waals surface area contributed by atoms with E-state index in [1.54, 1.807) is 6.20 Å². The fourth-order valence-corrected chi connectivity index (χ4v) is 3.49. The molecule has 0 bridgehead atoms. The first-order valence-electron chi connectivity index (χ1n) is 8.24. The highest BCUT2D eigenvalue weighted by Crippen LogP contribution is 2.25. The van der Waals surface area contributed by atoms with Gasteiger partial charge in [-0.2, -0.15) is 0 Å². The molecule has 1 fully saturated rings. The molecule has 0 aromatic carbocycles. The van der Waals surface area contributed by atoms with Crippen molar-refractivity contribution in [3.05, 3.63) is 47.0 Å². The van der Waals surface area contributed by atoms with E-state index in [1.807, 2.05) is 18.4 Å². The quantitative estimate of drug-likeness (QED) is 0.635. The molecule has 0 aliphatic carbocycles. The van der Waals surface area contributed by atoms with Gasteiger partial charge in [-0.15, -0.1) is 11.3 Å². The van der Waals surface area contributed by atoms with Crippen molar-refractivity contribution in [2.75, 3.05) is 18.4 Å². The van der Waals surface area contributed by atoms with Crippen LogP contribution in [0.2, 0.25) is 0 Å². The summed E-state index contributed by atoms with van der Waals surface area (Å²) in [5.74, 6) is -0.293. The van der Waals surface area contributed by atoms with Crippen LogP contribution in [-0.4, -0.2) is 40.0 Å². The maximum Gasteiger partial charge on any atom is 0.271 e. The van der Waals surface area contributed by atoms with Gasteiger partial charge in [0.25, 0.3) is 5.91 Å². The Morgan fingerprint density at radius 1 is 1.38 bits per heavy atom. The number of nitrogens with one attached hydrogen (secondary N) is 3. The van der Waals surface area contributed by atoms with Crippen molar-refractivity contribution >= 4 is 33.4 Å². The average molecular weight is 372 g/mol. The molecule has 1 amide bonds. The summed E-state index contributed by atoms with van der Waals surface area (Å²) in [6.45, 7) is 3.38. The molecule has 7 nitrogen and oxygen atoms in total. The normalized spacial score (nSPS) is 15.5. The molecule has 4 heterocycles. The number of amides is 1. The number of carbonyl (C=O) groups is 1. The van der Waals surface area contributed by atoms with Gasteiger partial charge < -0.3 is 16.0 Å². The number of carbonyl (C=O) groups excluding carboxylic acids is 1. The van der Waals surface area contributed by atoms with Gasteiger partial charge in [-0.3, -0.25) is 9.78 Å². The van der Waals surface area contributed by atoms with E-state index in [2.05, 4.69) is 30.9 Å². The average Bonchev–Trinajstić information content (AvgIpc) is 3.05. The maximum atomic E-state index is 13.4. The Balaban J connectivity index is 1.61. The lowest BCUT2D eigenvalue weighted by atomic mass is 10.1. The van der Waals surface area contributed by atoms with E-state index in [1.165, 1.54) is 17.4 Å². The zero-order chi connectivity index (χ0) is 18.1. The van der Waals surface area contributed by atoms with Gasteiger partial charge in [-0.1, -0.05) is 0 Å². The van der Waals surface area contributed by atoms with E-state index < -0.39 is 5.82 Å². The molecule has 4 rings (SSSR count). The molecule has 134 valence electrons. The van der Waals surface area contributed by atoms with Crippen LogP contribution in [0.15, 0.2) is 29.9 Å². The van der Waals surface area contributed by atoms with Crippen LogP contribution in [-0.2, 0) is 0 Å². The highest BCUT2D eigenvalue weighted by molar-refractivity contribution is 7.17. The second kappa shape index (κ2) is 6.93. The molecule has 0 spiro atoms. The predicted molar refractivity (Wildman–Crippen MR) is 97.8 cm³/mol. The Bertz CT molecular complexity index is 957. The fourth-order valence-electron chi connectivity index (χ4n) is 2.67. The number of hydrogen-bond acceptors (Lipinski definition) is 7. The molecular formula is C17H17FN6OS. The third-order valence-electron chi connectivity index (χ3n) is 4.21. The Morgan fingerprint density at radius 2 is 2.23 bits per heavy atom. The van der Waals surface area contributed by atoms with Crippen molar-refractivity contribution in [2.45, 2.75) is 19.0 Å². The van der Waals surface area contributed by atoms with Crippen LogP contribution in [0.4, 0.5) is 10.3 Å². The van der Waals surface area contributed by atoms with Crippen LogP contribution in [0.25, 0.3) is 10.2 Å². The molecule has 9 heteroatoms. The maximum absolute atomic E-state index is 13.4. The van der Waals surface area contributed by atoms with Crippen molar-refractivity contribution in [3.63, 3.8) is 0 Å². The van der Waals surface area contributed by atoms with Crippen molar-refractivity contribution < 1.29 is 9.18 Å². The van der Waals surface area contributed by atoms with Crippen LogP contribution < -0.4 is 16.0 Å². The smallest absolute Gasteiger partial charge is 0.271 e. The zero-order valence-electron chi connectivity index (χ0n) is 14.0. The lowest BCUT2D eigenvalue weighted by Crippen LogP contribution is -2.57. The second-order valence-electron chi connectivity index (χ2n) is 6.16. The van der Waals surface area contributed by atoms with E-state index >= 15 is 0 Å². The van der Waals surface area contributed by atoms with E-state index in [9.17, 15) is 9.18 Å². The minimum absolute atomic E-state index is 0.126. The van der Waals surface area contributed by atoms with Crippen LogP contribution in [0.5, 0.6) is 0 Å². The Labute approximate surface area is 153 Å². The lowest BCUT2D eigenvalue weighted by Gasteiger charge is -2.27. The largest absolute Gasteiger partial charge is 0.348 e. The summed E-state index contributed by atoms with van der Waals surface area (Å²) in [5, 5.41) is 11.1. The monoisotopic (exact) mass is 372 g/mol. The van der Waals surface area contributed by atoms with Crippen molar-refractivity contribution in [1.82, 2.24) is 25.6 Å². The molecular weight excluding hydrogens is 355 g/mol. The summed E-state index contributed by atoms with van der Waals surface area (Å²) < 4.78 is 14.1. The molecule has 1 atom stereocenters. The molecule has 1 unspecified atom stereocenters. The second-order valence-corrected chi connectivity index (χ2v) is 7.08. The summed E-state index contributed by atoms with van der Waals surface area (Å²) in [5.41, 5.74) is 1.73. The van der Waals surface area contributed by atoms with Gasteiger partial charge in [0.2, 0.25) is 5.95 Å². The molecule has 3 aromatic rings. The van der Waals surface area contributed by atoms with Crippen molar-refractivity contribution in [2.24, 2.45) is 0 Å². The number of pyridine rings is 1. The first-order chi connectivity index (χ1) is 12.6. The number of aromatic nitrogens is 3. The fraction of sp³-hybridized carbons (Fsp3) is 0.294. The molecule has 0 saturated carbocycles. The number of anilines is 1. The summed E-state index contributed by atoms with van der Waals surface area (Å²) in [4.78, 5) is 25.3. The van der Waals surface area contributed by atoms with E-state index in [0.717, 1.165) is 24.0 Å². The number of fused-ring (bicyclic) bond motifs is 1. The summed E-state index contributed by atoms with van der Waals surface area (Å²) >= 11 is 1.43. The zero-order valence-corrected chi connectivity index (χ0v) is 14.8. The van der Waals surface area contributed by atoms with Gasteiger partial charge in [0.15, 0.2) is 5.69 Å². The van der Waals surface area contributed by atoms with Crippen LogP contribution in [0.3, 0.4) is 0 Å². The summed E-state index contributed by atoms with van der Waals surface area (Å²) in [7, 11) is 0. The van der Waals surface area contributed by atoms with Gasteiger partial charge in [-0.25, -0.2) is 14.4 Å². The lowest BCUT2D eigenvalue weighted by molar-refractivity contribution is 0.0921. The third-order valence-corrected chi connectivity index (χ3v) is 5.12. The predicted octanol–water partition coefficient (Wildman–Crippen LogP) is 2.10. The van der Waals surface area contributed by atoms with Crippen LogP contribution in [0, 0.1) is 5.82 Å². The van der Waals surface area contributed by atoms with E-state index in [0.29, 0.717) is 22.7 Å². The first-order valence-corrected chi connectivity index (χ1v) is 9.12. The molecule has 26 heavy (non-hydrogen) atoms. The van der Waals surface area contributed by atoms with E-state index in [4.69, 9.17) is 0 Å². The Morgan fingerprint density at radius 3 is 2.96 bits per heavy atom. The van der Waals surface area contributed by atoms with Gasteiger partial charge >= 0.3 is 0 Å². The molecule has 1 aliphatic rings. The minimum Gasteiger partial charge on any atom is -0.348 e. The summed E-state index contributed by atoms with van der Waals surface area (Å²) in [6, 6.07) is 3.12. The Kier molecular flexibility index (Phi) is 4.48. The SMILES string of the molecule is CC(Nc1nc(C(=O)NC2CNC2)c2sccc2n1)c1cncc(F)c1. The van der Waals surface area contributed by atoms with Gasteiger partial charge in [0, 0.05) is 19.3 Å². The number of nitrogens with zero attached hydrogens (tertiary/aromatic N) is 3.